The second-order valence-electron chi connectivity index (χ2n) is 5.86. The number of nitrogens with zero attached hydrogens (tertiary/aromatic N) is 3. The molecule has 3 heterocycles. The monoisotopic (exact) mass is 341 g/mol. The summed E-state index contributed by atoms with van der Waals surface area (Å²) in [5.41, 5.74) is 0.526. The Bertz CT molecular complexity index is 713. The summed E-state index contributed by atoms with van der Waals surface area (Å²) in [6.45, 7) is 2.91. The molecule has 0 saturated carbocycles. The smallest absolute Gasteiger partial charge is 0.338 e. The number of carbonyl (C=O) groups is 1. The number of rotatable bonds is 3. The van der Waals surface area contributed by atoms with E-state index in [0.717, 1.165) is 11.9 Å². The highest BCUT2D eigenvalue weighted by molar-refractivity contribution is 5.95. The van der Waals surface area contributed by atoms with Crippen molar-refractivity contribution < 1.29 is 18.0 Å². The molecule has 3 rings (SSSR count). The van der Waals surface area contributed by atoms with Gasteiger partial charge >= 0.3 is 6.18 Å². The van der Waals surface area contributed by atoms with E-state index in [4.69, 9.17) is 0 Å². The number of amides is 1. The molecule has 0 atom stereocenters. The van der Waals surface area contributed by atoms with Gasteiger partial charge in [-0.05, 0) is 19.3 Å². The predicted octanol–water partition coefficient (Wildman–Crippen LogP) is 2.73. The number of hydrogen-bond acceptors (Lipinski definition) is 3. The number of aromatic nitrogens is 4. The fourth-order valence-electron chi connectivity index (χ4n) is 2.98. The van der Waals surface area contributed by atoms with Gasteiger partial charge in [0.2, 0.25) is 0 Å². The molecule has 6 nitrogen and oxygen atoms in total. The predicted molar refractivity (Wildman–Crippen MR) is 79.4 cm³/mol. The van der Waals surface area contributed by atoms with Gasteiger partial charge in [-0.1, -0.05) is 6.92 Å². The summed E-state index contributed by atoms with van der Waals surface area (Å²) in [6.07, 6.45) is -0.225. The summed E-state index contributed by atoms with van der Waals surface area (Å²) in [4.78, 5) is 20.4. The van der Waals surface area contributed by atoms with Crippen LogP contribution in [0.4, 0.5) is 13.2 Å². The molecule has 2 aromatic heterocycles. The van der Waals surface area contributed by atoms with Gasteiger partial charge in [0.1, 0.15) is 11.5 Å². The summed E-state index contributed by atoms with van der Waals surface area (Å²) in [7, 11) is 0. The molecule has 0 aromatic carbocycles. The van der Waals surface area contributed by atoms with E-state index in [9.17, 15) is 18.0 Å². The second-order valence-corrected chi connectivity index (χ2v) is 5.86. The lowest BCUT2D eigenvalue weighted by Gasteiger charge is -2.31. The number of hydrogen-bond donors (Lipinski definition) is 2. The summed E-state index contributed by atoms with van der Waals surface area (Å²) in [5, 5.41) is 6.71. The highest BCUT2D eigenvalue weighted by Crippen LogP contribution is 2.31. The van der Waals surface area contributed by atoms with E-state index in [-0.39, 0.29) is 11.8 Å². The molecular formula is C15H18F3N5O. The van der Waals surface area contributed by atoms with Gasteiger partial charge in [-0.25, -0.2) is 4.98 Å². The number of imidazole rings is 1. The van der Waals surface area contributed by atoms with Crippen molar-refractivity contribution in [1.82, 2.24) is 25.1 Å². The van der Waals surface area contributed by atoms with Crippen LogP contribution >= 0.6 is 0 Å². The molecule has 24 heavy (non-hydrogen) atoms. The summed E-state index contributed by atoms with van der Waals surface area (Å²) in [6, 6.07) is 0. The van der Waals surface area contributed by atoms with Gasteiger partial charge in [0, 0.05) is 24.7 Å². The zero-order valence-electron chi connectivity index (χ0n) is 13.2. The van der Waals surface area contributed by atoms with Crippen molar-refractivity contribution in [2.75, 3.05) is 13.1 Å². The lowest BCUT2D eigenvalue weighted by Crippen LogP contribution is -2.38. The third-order valence-corrected chi connectivity index (χ3v) is 4.37. The molecule has 0 spiro atoms. The van der Waals surface area contributed by atoms with Crippen molar-refractivity contribution in [2.45, 2.75) is 38.3 Å². The average Bonchev–Trinajstić information content (AvgIpc) is 3.23. The Morgan fingerprint density at radius 1 is 1.33 bits per heavy atom. The molecule has 9 heteroatoms. The topological polar surface area (TPSA) is 77.7 Å². The molecular weight excluding hydrogens is 323 g/mol. The number of halogens is 3. The molecule has 2 N–H and O–H groups in total. The lowest BCUT2D eigenvalue weighted by atomic mass is 9.95. The summed E-state index contributed by atoms with van der Waals surface area (Å²) >= 11 is 0. The summed E-state index contributed by atoms with van der Waals surface area (Å²) < 4.78 is 37.9. The van der Waals surface area contributed by atoms with Gasteiger partial charge < -0.3 is 9.88 Å². The average molecular weight is 341 g/mol. The largest absolute Gasteiger partial charge is 0.432 e. The minimum absolute atomic E-state index is 0.0884. The number of piperidine rings is 1. The summed E-state index contributed by atoms with van der Waals surface area (Å²) in [5.74, 6) is 0.154. The van der Waals surface area contributed by atoms with Crippen LogP contribution in [0.2, 0.25) is 0 Å². The Hall–Kier alpha value is -2.32. The van der Waals surface area contributed by atoms with Crippen molar-refractivity contribution in [1.29, 1.82) is 0 Å². The third kappa shape index (κ3) is 3.15. The van der Waals surface area contributed by atoms with Crippen LogP contribution in [-0.4, -0.2) is 44.1 Å². The number of aromatic amines is 2. The van der Waals surface area contributed by atoms with E-state index in [1.807, 2.05) is 6.92 Å². The number of nitrogens with one attached hydrogen (secondary N) is 2. The van der Waals surface area contributed by atoms with E-state index in [2.05, 4.69) is 20.2 Å². The number of H-pyrrole nitrogens is 2. The van der Waals surface area contributed by atoms with Crippen molar-refractivity contribution in [3.05, 3.63) is 35.2 Å². The highest BCUT2D eigenvalue weighted by atomic mass is 19.4. The van der Waals surface area contributed by atoms with Crippen LogP contribution in [0, 0.1) is 0 Å². The number of alkyl halides is 3. The normalized spacial score (nSPS) is 16.6. The van der Waals surface area contributed by atoms with Crippen molar-refractivity contribution in [2.24, 2.45) is 0 Å². The van der Waals surface area contributed by atoms with Crippen molar-refractivity contribution >= 4 is 5.91 Å². The number of aryl methyl sites for hydroxylation is 1. The number of likely N-dealkylation sites (tertiary alicyclic amines) is 1. The van der Waals surface area contributed by atoms with Crippen LogP contribution in [0.5, 0.6) is 0 Å². The Balaban J connectivity index is 1.63. The Morgan fingerprint density at radius 3 is 2.62 bits per heavy atom. The quantitative estimate of drug-likeness (QED) is 0.901. The standard InChI is InChI=1S/C15H18F3N5O/c1-2-11-10(7-20-22-11)14(24)23-5-3-9(4-6-23)13-19-8-12(21-13)15(16,17)18/h7-9H,2-6H2,1H3,(H,19,21)(H,20,22). The molecule has 1 aliphatic heterocycles. The minimum Gasteiger partial charge on any atom is -0.338 e. The van der Waals surface area contributed by atoms with Gasteiger partial charge in [-0.15, -0.1) is 0 Å². The fraction of sp³-hybridized carbons (Fsp3) is 0.533. The molecule has 0 radical (unpaired) electrons. The number of carbonyl (C=O) groups excluding carboxylic acids is 1. The first-order valence-corrected chi connectivity index (χ1v) is 7.83. The molecule has 0 bridgehead atoms. The molecule has 1 amide bonds. The van der Waals surface area contributed by atoms with Gasteiger partial charge in [-0.2, -0.15) is 18.3 Å². The van der Waals surface area contributed by atoms with E-state index in [1.54, 1.807) is 4.90 Å². The fourth-order valence-corrected chi connectivity index (χ4v) is 2.98. The van der Waals surface area contributed by atoms with Crippen LogP contribution in [0.25, 0.3) is 0 Å². The first-order valence-electron chi connectivity index (χ1n) is 7.83. The van der Waals surface area contributed by atoms with Crippen molar-refractivity contribution in [3.63, 3.8) is 0 Å². The second kappa shape index (κ2) is 6.29. The Labute approximate surface area is 136 Å². The van der Waals surface area contributed by atoms with E-state index >= 15 is 0 Å². The third-order valence-electron chi connectivity index (χ3n) is 4.37. The van der Waals surface area contributed by atoms with E-state index in [1.165, 1.54) is 6.20 Å². The van der Waals surface area contributed by atoms with Crippen LogP contribution in [-0.2, 0) is 12.6 Å². The SMILES string of the molecule is CCc1[nH]ncc1C(=O)N1CCC(c2ncc(C(F)(F)F)[nH]2)CC1. The Kier molecular flexibility index (Phi) is 4.33. The maximum atomic E-state index is 12.6. The van der Waals surface area contributed by atoms with Gasteiger partial charge in [0.25, 0.3) is 5.91 Å². The minimum atomic E-state index is -4.42. The maximum Gasteiger partial charge on any atom is 0.432 e. The van der Waals surface area contributed by atoms with Gasteiger partial charge in [0.05, 0.1) is 18.0 Å². The molecule has 2 aromatic rings. The molecule has 1 aliphatic rings. The highest BCUT2D eigenvalue weighted by Gasteiger charge is 2.34. The maximum absolute atomic E-state index is 12.6. The zero-order valence-corrected chi connectivity index (χ0v) is 13.2. The van der Waals surface area contributed by atoms with E-state index < -0.39 is 11.9 Å². The Morgan fingerprint density at radius 2 is 2.04 bits per heavy atom. The molecule has 130 valence electrons. The van der Waals surface area contributed by atoms with Crippen LogP contribution in [0.1, 0.15) is 53.3 Å². The van der Waals surface area contributed by atoms with Crippen LogP contribution in [0.3, 0.4) is 0 Å². The van der Waals surface area contributed by atoms with Crippen LogP contribution < -0.4 is 0 Å². The molecule has 1 fully saturated rings. The van der Waals surface area contributed by atoms with Crippen molar-refractivity contribution in [3.8, 4) is 0 Å². The zero-order chi connectivity index (χ0) is 17.3. The van der Waals surface area contributed by atoms with E-state index in [0.29, 0.717) is 43.7 Å². The first-order chi connectivity index (χ1) is 11.4. The molecule has 1 saturated heterocycles. The van der Waals surface area contributed by atoms with Crippen LogP contribution in [0.15, 0.2) is 12.4 Å². The first kappa shape index (κ1) is 16.5. The van der Waals surface area contributed by atoms with Gasteiger partial charge in [0.15, 0.2) is 0 Å². The van der Waals surface area contributed by atoms with Gasteiger partial charge in [-0.3, -0.25) is 9.89 Å². The molecule has 0 unspecified atom stereocenters. The molecule has 0 aliphatic carbocycles. The lowest BCUT2D eigenvalue weighted by molar-refractivity contribution is -0.141.